The number of benzene rings is 2. The van der Waals surface area contributed by atoms with Crippen LogP contribution in [-0.4, -0.2) is 34.8 Å². The first-order valence-corrected chi connectivity index (χ1v) is 9.82. The number of hydrogen-bond donors (Lipinski definition) is 1. The molecule has 31 heavy (non-hydrogen) atoms. The fourth-order valence-electron chi connectivity index (χ4n) is 3.74. The Balaban J connectivity index is 1.46. The van der Waals surface area contributed by atoms with E-state index < -0.39 is 29.2 Å². The van der Waals surface area contributed by atoms with Crippen molar-refractivity contribution in [3.8, 4) is 11.3 Å². The summed E-state index contributed by atoms with van der Waals surface area (Å²) in [5, 5.41) is 6.99. The van der Waals surface area contributed by atoms with Gasteiger partial charge in [-0.3, -0.25) is 9.48 Å². The van der Waals surface area contributed by atoms with Gasteiger partial charge in [0.15, 0.2) is 17.5 Å². The lowest BCUT2D eigenvalue weighted by atomic mass is 10.0. The lowest BCUT2D eigenvalue weighted by Gasteiger charge is -2.34. The summed E-state index contributed by atoms with van der Waals surface area (Å²) in [6.45, 7) is 0.772. The van der Waals surface area contributed by atoms with Gasteiger partial charge in [0, 0.05) is 55.8 Å². The average molecular weight is 432 g/mol. The molecule has 1 aromatic heterocycles. The monoisotopic (exact) mass is 432 g/mol. The maximum atomic E-state index is 14.6. The van der Waals surface area contributed by atoms with Crippen LogP contribution in [0.2, 0.25) is 0 Å². The highest BCUT2D eigenvalue weighted by Crippen LogP contribution is 2.25. The van der Waals surface area contributed by atoms with Crippen molar-refractivity contribution in [1.29, 1.82) is 0 Å². The summed E-state index contributed by atoms with van der Waals surface area (Å²) in [7, 11) is 1.75. The molecule has 2 heterocycles. The molecule has 0 unspecified atom stereocenters. The predicted molar refractivity (Wildman–Crippen MR) is 108 cm³/mol. The Morgan fingerprint density at radius 3 is 2.45 bits per heavy atom. The third-order valence-electron chi connectivity index (χ3n) is 5.31. The fraction of sp³-hybridized carbons (Fsp3) is 0.273. The van der Waals surface area contributed by atoms with Crippen molar-refractivity contribution in [2.24, 2.45) is 7.05 Å². The van der Waals surface area contributed by atoms with Crippen LogP contribution < -0.4 is 10.2 Å². The van der Waals surface area contributed by atoms with Crippen molar-refractivity contribution in [3.05, 3.63) is 71.4 Å². The maximum Gasteiger partial charge on any atom is 0.254 e. The van der Waals surface area contributed by atoms with Gasteiger partial charge in [-0.15, -0.1) is 0 Å². The fourth-order valence-corrected chi connectivity index (χ4v) is 3.74. The molecule has 0 saturated carbocycles. The highest BCUT2D eigenvalue weighted by molar-refractivity contribution is 5.95. The van der Waals surface area contributed by atoms with Gasteiger partial charge in [-0.1, -0.05) is 6.07 Å². The SMILES string of the molecule is Cn1ccc(-c2ccc(C(=O)N[C@H]3CCCN(c4cc(F)c(F)c(F)c4)C3)c(F)c2)n1. The zero-order valence-corrected chi connectivity index (χ0v) is 16.7. The van der Waals surface area contributed by atoms with Crippen LogP contribution in [0.5, 0.6) is 0 Å². The molecule has 1 fully saturated rings. The second-order valence-electron chi connectivity index (χ2n) is 7.55. The lowest BCUT2D eigenvalue weighted by molar-refractivity contribution is 0.0929. The molecule has 0 aliphatic carbocycles. The van der Waals surface area contributed by atoms with E-state index in [2.05, 4.69) is 10.4 Å². The number of nitrogens with zero attached hydrogens (tertiary/aromatic N) is 3. The zero-order chi connectivity index (χ0) is 22.1. The van der Waals surface area contributed by atoms with Gasteiger partial charge in [0.2, 0.25) is 0 Å². The molecule has 5 nitrogen and oxygen atoms in total. The van der Waals surface area contributed by atoms with Gasteiger partial charge >= 0.3 is 0 Å². The van der Waals surface area contributed by atoms with Crippen molar-refractivity contribution in [2.45, 2.75) is 18.9 Å². The first-order chi connectivity index (χ1) is 14.8. The van der Waals surface area contributed by atoms with Gasteiger partial charge in [0.25, 0.3) is 5.91 Å². The van der Waals surface area contributed by atoms with E-state index in [0.29, 0.717) is 30.6 Å². The van der Waals surface area contributed by atoms with Gasteiger partial charge in [-0.25, -0.2) is 17.6 Å². The summed E-state index contributed by atoms with van der Waals surface area (Å²) in [5.41, 5.74) is 1.24. The summed E-state index contributed by atoms with van der Waals surface area (Å²) in [4.78, 5) is 14.3. The molecule has 0 spiro atoms. The minimum Gasteiger partial charge on any atom is -0.369 e. The molecule has 2 aromatic carbocycles. The van der Waals surface area contributed by atoms with Gasteiger partial charge in [-0.05, 0) is 31.0 Å². The molecule has 1 saturated heterocycles. The molecule has 0 bridgehead atoms. The Morgan fingerprint density at radius 2 is 1.81 bits per heavy atom. The number of rotatable bonds is 4. The second-order valence-corrected chi connectivity index (χ2v) is 7.55. The van der Waals surface area contributed by atoms with Crippen LogP contribution in [0.1, 0.15) is 23.2 Å². The van der Waals surface area contributed by atoms with E-state index in [1.807, 2.05) is 0 Å². The van der Waals surface area contributed by atoms with Gasteiger partial charge in [0.05, 0.1) is 11.3 Å². The molecule has 1 aliphatic heterocycles. The van der Waals surface area contributed by atoms with Crippen LogP contribution in [-0.2, 0) is 7.05 Å². The summed E-state index contributed by atoms with van der Waals surface area (Å²) in [5.74, 6) is -5.30. The van der Waals surface area contributed by atoms with Crippen molar-refractivity contribution in [1.82, 2.24) is 15.1 Å². The number of halogens is 4. The Labute approximate surface area is 176 Å². The normalized spacial score (nSPS) is 16.4. The Hall–Kier alpha value is -3.36. The van der Waals surface area contributed by atoms with Crippen LogP contribution in [0.3, 0.4) is 0 Å². The number of anilines is 1. The predicted octanol–water partition coefficient (Wildman–Crippen LogP) is 4.04. The number of carbonyl (C=O) groups excluding carboxylic acids is 1. The third-order valence-corrected chi connectivity index (χ3v) is 5.31. The standard InChI is InChI=1S/C22H20F4N4O/c1-29-8-6-20(28-29)13-4-5-16(17(23)9-13)22(31)27-14-3-2-7-30(12-14)15-10-18(24)21(26)19(25)11-15/h4-6,8-11,14H,2-3,7,12H2,1H3,(H,27,31)/t14-/m0/s1. The Bertz CT molecular complexity index is 1110. The number of piperidine rings is 1. The molecule has 1 amide bonds. The van der Waals surface area contributed by atoms with E-state index in [4.69, 9.17) is 0 Å². The highest BCUT2D eigenvalue weighted by atomic mass is 19.2. The highest BCUT2D eigenvalue weighted by Gasteiger charge is 2.25. The molecule has 1 atom stereocenters. The van der Waals surface area contributed by atoms with Crippen molar-refractivity contribution in [3.63, 3.8) is 0 Å². The number of amides is 1. The van der Waals surface area contributed by atoms with Crippen LogP contribution in [0.4, 0.5) is 23.2 Å². The number of aromatic nitrogens is 2. The second kappa shape index (κ2) is 8.41. The lowest BCUT2D eigenvalue weighted by Crippen LogP contribution is -2.48. The van der Waals surface area contributed by atoms with E-state index in [9.17, 15) is 22.4 Å². The molecular formula is C22H20F4N4O. The summed E-state index contributed by atoms with van der Waals surface area (Å²) < 4.78 is 56.5. The summed E-state index contributed by atoms with van der Waals surface area (Å²) >= 11 is 0. The number of nitrogens with one attached hydrogen (secondary N) is 1. The molecule has 0 radical (unpaired) electrons. The van der Waals surface area contributed by atoms with E-state index in [0.717, 1.165) is 12.1 Å². The molecule has 3 aromatic rings. The van der Waals surface area contributed by atoms with Crippen LogP contribution in [0.15, 0.2) is 42.6 Å². The summed E-state index contributed by atoms with van der Waals surface area (Å²) in [6.07, 6.45) is 3.01. The first-order valence-electron chi connectivity index (χ1n) is 9.82. The summed E-state index contributed by atoms with van der Waals surface area (Å²) in [6, 6.07) is 7.53. The number of carbonyl (C=O) groups is 1. The van der Waals surface area contributed by atoms with Crippen LogP contribution >= 0.6 is 0 Å². The van der Waals surface area contributed by atoms with Gasteiger partial charge in [-0.2, -0.15) is 5.10 Å². The molecule has 1 N–H and O–H groups in total. The van der Waals surface area contributed by atoms with Crippen LogP contribution in [0.25, 0.3) is 11.3 Å². The zero-order valence-electron chi connectivity index (χ0n) is 16.7. The van der Waals surface area contributed by atoms with Crippen molar-refractivity contribution >= 4 is 11.6 Å². The van der Waals surface area contributed by atoms with E-state index >= 15 is 0 Å². The topological polar surface area (TPSA) is 50.2 Å². The first kappa shape index (κ1) is 20.9. The van der Waals surface area contributed by atoms with E-state index in [1.54, 1.807) is 35.0 Å². The molecular weight excluding hydrogens is 412 g/mol. The minimum absolute atomic E-state index is 0.101. The van der Waals surface area contributed by atoms with Crippen molar-refractivity contribution < 1.29 is 22.4 Å². The maximum absolute atomic E-state index is 14.6. The smallest absolute Gasteiger partial charge is 0.254 e. The number of aryl methyl sites for hydroxylation is 1. The van der Waals surface area contributed by atoms with E-state index in [-0.39, 0.29) is 23.8 Å². The average Bonchev–Trinajstić information content (AvgIpc) is 3.18. The van der Waals surface area contributed by atoms with Gasteiger partial charge in [0.1, 0.15) is 5.82 Å². The molecule has 9 heteroatoms. The third kappa shape index (κ3) is 4.40. The Kier molecular flexibility index (Phi) is 5.67. The molecule has 1 aliphatic rings. The van der Waals surface area contributed by atoms with Crippen molar-refractivity contribution in [2.75, 3.05) is 18.0 Å². The van der Waals surface area contributed by atoms with Gasteiger partial charge < -0.3 is 10.2 Å². The van der Waals surface area contributed by atoms with E-state index in [1.165, 1.54) is 12.1 Å². The minimum atomic E-state index is -1.52. The quantitative estimate of drug-likeness (QED) is 0.500. The number of hydrogen-bond acceptors (Lipinski definition) is 3. The molecule has 162 valence electrons. The van der Waals surface area contributed by atoms with Crippen LogP contribution in [0, 0.1) is 23.3 Å². The Morgan fingerprint density at radius 1 is 1.06 bits per heavy atom. The largest absolute Gasteiger partial charge is 0.369 e. The molecule has 4 rings (SSSR count).